The van der Waals surface area contributed by atoms with Gasteiger partial charge in [-0.1, -0.05) is 19.1 Å². The summed E-state index contributed by atoms with van der Waals surface area (Å²) >= 11 is 0. The maximum absolute atomic E-state index is 3.67. The monoisotopic (exact) mass is 273 g/mol. The highest BCUT2D eigenvalue weighted by Gasteiger charge is 2.28. The van der Waals surface area contributed by atoms with Gasteiger partial charge in [-0.2, -0.15) is 0 Å². The number of hydrogen-bond acceptors (Lipinski definition) is 3. The number of rotatable bonds is 5. The van der Waals surface area contributed by atoms with Gasteiger partial charge < -0.3 is 15.1 Å². The van der Waals surface area contributed by atoms with Crippen molar-refractivity contribution in [3.05, 3.63) is 24.3 Å². The number of hydrogen-bond donors (Lipinski definition) is 1. The van der Waals surface area contributed by atoms with E-state index in [0.717, 1.165) is 25.7 Å². The lowest BCUT2D eigenvalue weighted by Crippen LogP contribution is -2.48. The predicted octanol–water partition coefficient (Wildman–Crippen LogP) is 2.72. The standard InChI is InChI=1S/C17H27N3/c1-13(12-18-15-8-9-15)14(2)20-11-10-19(3)16-6-4-5-7-17(16)20/h4-7,13-15,18H,8-12H2,1-3H3. The largest absolute Gasteiger partial charge is 0.371 e. The molecule has 0 amide bonds. The zero-order valence-electron chi connectivity index (χ0n) is 13.0. The molecule has 2 unspecified atom stereocenters. The molecule has 0 radical (unpaired) electrons. The summed E-state index contributed by atoms with van der Waals surface area (Å²) in [5, 5.41) is 3.67. The van der Waals surface area contributed by atoms with E-state index in [-0.39, 0.29) is 0 Å². The summed E-state index contributed by atoms with van der Waals surface area (Å²) in [6, 6.07) is 10.2. The molecule has 2 atom stereocenters. The van der Waals surface area contributed by atoms with Gasteiger partial charge in [0.25, 0.3) is 0 Å². The summed E-state index contributed by atoms with van der Waals surface area (Å²) in [4.78, 5) is 4.96. The Kier molecular flexibility index (Phi) is 3.88. The van der Waals surface area contributed by atoms with Crippen LogP contribution in [0.25, 0.3) is 0 Å². The van der Waals surface area contributed by atoms with Gasteiger partial charge >= 0.3 is 0 Å². The minimum Gasteiger partial charge on any atom is -0.371 e. The molecule has 1 aliphatic carbocycles. The van der Waals surface area contributed by atoms with Crippen molar-refractivity contribution in [1.29, 1.82) is 0 Å². The van der Waals surface area contributed by atoms with Crippen molar-refractivity contribution in [3.8, 4) is 0 Å². The highest BCUT2D eigenvalue weighted by Crippen LogP contribution is 2.34. The number of fused-ring (bicyclic) bond motifs is 1. The Bertz CT molecular complexity index is 455. The summed E-state index contributed by atoms with van der Waals surface area (Å²) in [7, 11) is 2.19. The number of nitrogens with one attached hydrogen (secondary N) is 1. The zero-order valence-corrected chi connectivity index (χ0v) is 13.0. The normalized spacial score (nSPS) is 21.6. The first kappa shape index (κ1) is 13.7. The Balaban J connectivity index is 1.70. The van der Waals surface area contributed by atoms with Gasteiger partial charge in [0.1, 0.15) is 0 Å². The van der Waals surface area contributed by atoms with E-state index in [9.17, 15) is 0 Å². The number of para-hydroxylation sites is 2. The molecule has 1 aliphatic heterocycles. The Morgan fingerprint density at radius 3 is 2.55 bits per heavy atom. The molecule has 0 spiro atoms. The minimum atomic E-state index is 0.580. The Morgan fingerprint density at radius 2 is 1.85 bits per heavy atom. The fraction of sp³-hybridized carbons (Fsp3) is 0.647. The van der Waals surface area contributed by atoms with E-state index in [0.29, 0.717) is 12.0 Å². The molecule has 1 fully saturated rings. The van der Waals surface area contributed by atoms with Crippen LogP contribution in [0.4, 0.5) is 11.4 Å². The van der Waals surface area contributed by atoms with E-state index in [1.54, 1.807) is 0 Å². The first-order valence-corrected chi connectivity index (χ1v) is 7.97. The van der Waals surface area contributed by atoms with Crippen molar-refractivity contribution in [3.63, 3.8) is 0 Å². The van der Waals surface area contributed by atoms with E-state index in [2.05, 4.69) is 60.3 Å². The van der Waals surface area contributed by atoms with Gasteiger partial charge in [0.2, 0.25) is 0 Å². The lowest BCUT2D eigenvalue weighted by molar-refractivity contribution is 0.417. The van der Waals surface area contributed by atoms with Crippen LogP contribution in [0.1, 0.15) is 26.7 Å². The van der Waals surface area contributed by atoms with Crippen LogP contribution in [0, 0.1) is 5.92 Å². The SMILES string of the molecule is CC(CNC1CC1)C(C)N1CCN(C)c2ccccc21. The van der Waals surface area contributed by atoms with Crippen molar-refractivity contribution in [2.45, 2.75) is 38.8 Å². The second kappa shape index (κ2) is 5.65. The first-order chi connectivity index (χ1) is 9.66. The Morgan fingerprint density at radius 1 is 1.15 bits per heavy atom. The molecule has 0 bridgehead atoms. The molecule has 1 saturated carbocycles. The third-order valence-electron chi connectivity index (χ3n) is 4.90. The van der Waals surface area contributed by atoms with E-state index in [1.165, 1.54) is 24.2 Å². The van der Waals surface area contributed by atoms with Crippen LogP contribution in [-0.4, -0.2) is 38.8 Å². The molecule has 1 aromatic carbocycles. The molecule has 3 rings (SSSR count). The average molecular weight is 273 g/mol. The molecule has 3 nitrogen and oxygen atoms in total. The highest BCUT2D eigenvalue weighted by atomic mass is 15.3. The van der Waals surface area contributed by atoms with Crippen LogP contribution in [-0.2, 0) is 0 Å². The summed E-state index contributed by atoms with van der Waals surface area (Å²) in [6.45, 7) is 8.13. The molecular weight excluding hydrogens is 246 g/mol. The average Bonchev–Trinajstić information content (AvgIpc) is 3.29. The second-order valence-electron chi connectivity index (χ2n) is 6.50. The third-order valence-corrected chi connectivity index (χ3v) is 4.90. The smallest absolute Gasteiger partial charge is 0.0607 e. The molecule has 2 aliphatic rings. The van der Waals surface area contributed by atoms with Crippen molar-refractivity contribution in [1.82, 2.24) is 5.32 Å². The van der Waals surface area contributed by atoms with Crippen molar-refractivity contribution < 1.29 is 0 Å². The first-order valence-electron chi connectivity index (χ1n) is 7.97. The quantitative estimate of drug-likeness (QED) is 0.890. The van der Waals surface area contributed by atoms with Crippen molar-refractivity contribution in [2.75, 3.05) is 36.5 Å². The topological polar surface area (TPSA) is 18.5 Å². The fourth-order valence-corrected chi connectivity index (χ4v) is 3.07. The van der Waals surface area contributed by atoms with Crippen LogP contribution in [0.5, 0.6) is 0 Å². The van der Waals surface area contributed by atoms with Gasteiger partial charge in [0.05, 0.1) is 11.4 Å². The van der Waals surface area contributed by atoms with Gasteiger partial charge in [0.15, 0.2) is 0 Å². The van der Waals surface area contributed by atoms with Gasteiger partial charge in [-0.15, -0.1) is 0 Å². The number of nitrogens with zero attached hydrogens (tertiary/aromatic N) is 2. The Labute approximate surface area is 123 Å². The molecule has 0 aromatic heterocycles. The summed E-state index contributed by atoms with van der Waals surface area (Å²) in [6.07, 6.45) is 2.75. The minimum absolute atomic E-state index is 0.580. The van der Waals surface area contributed by atoms with Crippen LogP contribution >= 0.6 is 0 Å². The molecule has 20 heavy (non-hydrogen) atoms. The molecule has 1 N–H and O–H groups in total. The van der Waals surface area contributed by atoms with Crippen molar-refractivity contribution >= 4 is 11.4 Å². The van der Waals surface area contributed by atoms with Gasteiger partial charge in [-0.05, 0) is 44.4 Å². The number of benzene rings is 1. The van der Waals surface area contributed by atoms with E-state index in [1.807, 2.05) is 0 Å². The molecule has 1 aromatic rings. The highest BCUT2D eigenvalue weighted by molar-refractivity contribution is 5.73. The second-order valence-corrected chi connectivity index (χ2v) is 6.50. The van der Waals surface area contributed by atoms with Gasteiger partial charge in [-0.3, -0.25) is 0 Å². The number of anilines is 2. The molecular formula is C17H27N3. The maximum atomic E-state index is 3.67. The predicted molar refractivity (Wildman–Crippen MR) is 86.7 cm³/mol. The van der Waals surface area contributed by atoms with E-state index in [4.69, 9.17) is 0 Å². The molecule has 1 heterocycles. The fourth-order valence-electron chi connectivity index (χ4n) is 3.07. The summed E-state index contributed by atoms with van der Waals surface area (Å²) in [5.74, 6) is 0.673. The Hall–Kier alpha value is -1.22. The van der Waals surface area contributed by atoms with Gasteiger partial charge in [0, 0.05) is 32.2 Å². The van der Waals surface area contributed by atoms with Crippen LogP contribution < -0.4 is 15.1 Å². The van der Waals surface area contributed by atoms with E-state index >= 15 is 0 Å². The van der Waals surface area contributed by atoms with Crippen molar-refractivity contribution in [2.24, 2.45) is 5.92 Å². The lowest BCUT2D eigenvalue weighted by Gasteiger charge is -2.42. The van der Waals surface area contributed by atoms with Crippen LogP contribution in [0.15, 0.2) is 24.3 Å². The number of likely N-dealkylation sites (N-methyl/N-ethyl adjacent to an activating group) is 1. The van der Waals surface area contributed by atoms with E-state index < -0.39 is 0 Å². The summed E-state index contributed by atoms with van der Waals surface area (Å²) in [5.41, 5.74) is 2.76. The zero-order chi connectivity index (χ0) is 14.1. The molecule has 3 heteroatoms. The van der Waals surface area contributed by atoms with Crippen LogP contribution in [0.2, 0.25) is 0 Å². The molecule has 110 valence electrons. The van der Waals surface area contributed by atoms with Gasteiger partial charge in [-0.25, -0.2) is 0 Å². The summed E-state index contributed by atoms with van der Waals surface area (Å²) < 4.78 is 0. The molecule has 0 saturated heterocycles. The maximum Gasteiger partial charge on any atom is 0.0607 e. The third kappa shape index (κ3) is 2.78. The van der Waals surface area contributed by atoms with Crippen LogP contribution in [0.3, 0.4) is 0 Å². The lowest BCUT2D eigenvalue weighted by atomic mass is 9.99.